The molecule has 0 bridgehead atoms. The van der Waals surface area contributed by atoms with E-state index in [0.717, 1.165) is 48.9 Å². The maximum Gasteiger partial charge on any atom is 0.263 e. The van der Waals surface area contributed by atoms with E-state index in [2.05, 4.69) is 28.4 Å². The second kappa shape index (κ2) is 8.81. The Kier molecular flexibility index (Phi) is 5.59. The highest BCUT2D eigenvalue weighted by Crippen LogP contribution is 2.49. The van der Waals surface area contributed by atoms with Crippen molar-refractivity contribution < 1.29 is 9.53 Å². The number of carbonyl (C=O) groups is 1. The Balaban J connectivity index is 1.73. The monoisotopic (exact) mass is 501 g/mol. The lowest BCUT2D eigenvalue weighted by molar-refractivity contribution is -0.115. The Labute approximate surface area is 212 Å². The van der Waals surface area contributed by atoms with E-state index in [1.165, 1.54) is 23.7 Å². The first kappa shape index (κ1) is 22.8. The molecule has 1 fully saturated rings. The first-order valence-corrected chi connectivity index (χ1v) is 13.2. The Morgan fingerprint density at radius 1 is 1.08 bits per heavy atom. The summed E-state index contributed by atoms with van der Waals surface area (Å²) >= 11 is 1.24. The molecule has 36 heavy (non-hydrogen) atoms. The van der Waals surface area contributed by atoms with Crippen molar-refractivity contribution in [2.75, 3.05) is 12.9 Å². The molecule has 2 aliphatic carbocycles. The van der Waals surface area contributed by atoms with Crippen molar-refractivity contribution >= 4 is 23.4 Å². The standard InChI is InChI=1S/C27H27N5O3S/c1-35-19-11-9-18(10-12-19)31-24(34)22-23(32-25(31)29-30-26(32)36-16-21(28)33)20-8-4-3-7-17(20)15-27(22)13-5-2-6-14-27/h3-4,7-12H,2,5-6,13-16H2,1H3,(H2,28,33). The number of carbonyl (C=O) groups excluding carboxylic acids is 1. The van der Waals surface area contributed by atoms with Gasteiger partial charge < -0.3 is 10.5 Å². The van der Waals surface area contributed by atoms with Crippen LogP contribution in [0, 0.1) is 0 Å². The molecule has 184 valence electrons. The molecule has 2 aromatic carbocycles. The predicted octanol–water partition coefficient (Wildman–Crippen LogP) is 3.89. The number of amides is 1. The lowest BCUT2D eigenvalue weighted by Crippen LogP contribution is -2.43. The number of primary amides is 1. The van der Waals surface area contributed by atoms with E-state index < -0.39 is 5.91 Å². The molecule has 0 saturated heterocycles. The summed E-state index contributed by atoms with van der Waals surface area (Å²) in [6.45, 7) is 0. The summed E-state index contributed by atoms with van der Waals surface area (Å²) in [5.41, 5.74) is 9.77. The average Bonchev–Trinajstić information content (AvgIpc) is 3.31. The lowest BCUT2D eigenvalue weighted by Gasteiger charge is -2.42. The zero-order valence-electron chi connectivity index (χ0n) is 20.1. The van der Waals surface area contributed by atoms with Crippen molar-refractivity contribution in [2.24, 2.45) is 5.73 Å². The van der Waals surface area contributed by atoms with Crippen LogP contribution in [0.5, 0.6) is 5.75 Å². The molecule has 0 radical (unpaired) electrons. The molecular weight excluding hydrogens is 474 g/mol. The van der Waals surface area contributed by atoms with Gasteiger partial charge in [0.15, 0.2) is 5.16 Å². The number of nitrogens with zero attached hydrogens (tertiary/aromatic N) is 4. The van der Waals surface area contributed by atoms with Gasteiger partial charge in [-0.25, -0.2) is 4.57 Å². The van der Waals surface area contributed by atoms with Crippen LogP contribution in [-0.4, -0.2) is 37.9 Å². The maximum atomic E-state index is 14.5. The highest BCUT2D eigenvalue weighted by molar-refractivity contribution is 7.99. The molecule has 9 heteroatoms. The van der Waals surface area contributed by atoms with Gasteiger partial charge in [0.05, 0.1) is 24.2 Å². The molecule has 2 N–H and O–H groups in total. The summed E-state index contributed by atoms with van der Waals surface area (Å²) in [5, 5.41) is 9.44. The first-order valence-electron chi connectivity index (χ1n) is 12.2. The molecule has 8 nitrogen and oxygen atoms in total. The van der Waals surface area contributed by atoms with Gasteiger partial charge in [0.25, 0.3) is 5.56 Å². The second-order valence-electron chi connectivity index (χ2n) is 9.61. The molecular formula is C27H27N5O3S. The van der Waals surface area contributed by atoms with Crippen LogP contribution in [0.4, 0.5) is 0 Å². The SMILES string of the molecule is COc1ccc(-n2c(=O)c3c(n4c(SCC(N)=O)nnc24)-c2ccccc2CC32CCCCC2)cc1. The van der Waals surface area contributed by atoms with Crippen LogP contribution in [0.25, 0.3) is 22.7 Å². The van der Waals surface area contributed by atoms with Crippen LogP contribution in [-0.2, 0) is 16.6 Å². The number of methoxy groups -OCH3 is 1. The van der Waals surface area contributed by atoms with Gasteiger partial charge in [-0.1, -0.05) is 55.3 Å². The van der Waals surface area contributed by atoms with Gasteiger partial charge in [-0.15, -0.1) is 10.2 Å². The Morgan fingerprint density at radius 3 is 2.56 bits per heavy atom. The molecule has 2 heterocycles. The fraction of sp³-hybridized carbons (Fsp3) is 0.333. The molecule has 2 aromatic heterocycles. The predicted molar refractivity (Wildman–Crippen MR) is 139 cm³/mol. The summed E-state index contributed by atoms with van der Waals surface area (Å²) in [6, 6.07) is 15.7. The minimum absolute atomic E-state index is 0.0575. The smallest absolute Gasteiger partial charge is 0.263 e. The van der Waals surface area contributed by atoms with Crippen LogP contribution in [0.1, 0.15) is 43.2 Å². The van der Waals surface area contributed by atoms with Crippen molar-refractivity contribution in [3.8, 4) is 22.7 Å². The minimum Gasteiger partial charge on any atom is -0.497 e. The minimum atomic E-state index is -0.432. The summed E-state index contributed by atoms with van der Waals surface area (Å²) in [7, 11) is 1.61. The van der Waals surface area contributed by atoms with Crippen molar-refractivity contribution in [1.29, 1.82) is 0 Å². The van der Waals surface area contributed by atoms with Gasteiger partial charge in [0.2, 0.25) is 11.7 Å². The van der Waals surface area contributed by atoms with E-state index in [-0.39, 0.29) is 16.7 Å². The zero-order valence-corrected chi connectivity index (χ0v) is 20.9. The number of aromatic nitrogens is 4. The summed E-state index contributed by atoms with van der Waals surface area (Å²) < 4.78 is 8.95. The Hall–Kier alpha value is -3.59. The van der Waals surface area contributed by atoms with Gasteiger partial charge in [-0.3, -0.25) is 14.0 Å². The number of hydrogen-bond donors (Lipinski definition) is 1. The average molecular weight is 502 g/mol. The van der Waals surface area contributed by atoms with E-state index >= 15 is 0 Å². The first-order chi connectivity index (χ1) is 17.5. The van der Waals surface area contributed by atoms with E-state index in [1.54, 1.807) is 11.7 Å². The molecule has 4 aromatic rings. The quantitative estimate of drug-likeness (QED) is 0.416. The van der Waals surface area contributed by atoms with Gasteiger partial charge >= 0.3 is 0 Å². The Bertz CT molecular complexity index is 1530. The highest BCUT2D eigenvalue weighted by Gasteiger charge is 2.44. The van der Waals surface area contributed by atoms with Gasteiger partial charge in [0.1, 0.15) is 5.75 Å². The van der Waals surface area contributed by atoms with Crippen molar-refractivity contribution in [3.63, 3.8) is 0 Å². The van der Waals surface area contributed by atoms with E-state index in [0.29, 0.717) is 22.4 Å². The van der Waals surface area contributed by atoms with Crippen molar-refractivity contribution in [2.45, 2.75) is 49.1 Å². The van der Waals surface area contributed by atoms with Gasteiger partial charge in [-0.05, 0) is 49.1 Å². The number of fused-ring (bicyclic) bond motifs is 6. The van der Waals surface area contributed by atoms with Crippen molar-refractivity contribution in [1.82, 2.24) is 19.2 Å². The number of ether oxygens (including phenoxy) is 1. The van der Waals surface area contributed by atoms with Crippen LogP contribution >= 0.6 is 11.8 Å². The summed E-state index contributed by atoms with van der Waals surface area (Å²) in [5.74, 6) is 0.763. The second-order valence-corrected chi connectivity index (χ2v) is 10.6. The Morgan fingerprint density at radius 2 is 1.83 bits per heavy atom. The van der Waals surface area contributed by atoms with Crippen LogP contribution < -0.4 is 16.0 Å². The van der Waals surface area contributed by atoms with Crippen LogP contribution in [0.15, 0.2) is 58.5 Å². The molecule has 1 saturated carbocycles. The summed E-state index contributed by atoms with van der Waals surface area (Å²) in [4.78, 5) is 26.2. The lowest BCUT2D eigenvalue weighted by atomic mass is 9.62. The van der Waals surface area contributed by atoms with Gasteiger partial charge in [-0.2, -0.15) is 0 Å². The highest BCUT2D eigenvalue weighted by atomic mass is 32.2. The van der Waals surface area contributed by atoms with Gasteiger partial charge in [0, 0.05) is 16.5 Å². The fourth-order valence-electron chi connectivity index (χ4n) is 5.96. The van der Waals surface area contributed by atoms with Crippen LogP contribution in [0.2, 0.25) is 0 Å². The zero-order chi connectivity index (χ0) is 24.9. The number of rotatable bonds is 5. The van der Waals surface area contributed by atoms with Crippen molar-refractivity contribution in [3.05, 3.63) is 70.0 Å². The third kappa shape index (κ3) is 3.52. The topological polar surface area (TPSA) is 105 Å². The number of thioether (sulfide) groups is 1. The molecule has 6 rings (SSSR count). The maximum absolute atomic E-state index is 14.5. The molecule has 1 spiro atoms. The summed E-state index contributed by atoms with van der Waals surface area (Å²) in [6.07, 6.45) is 6.12. The normalized spacial score (nSPS) is 16.0. The molecule has 1 amide bonds. The van der Waals surface area contributed by atoms with Crippen LogP contribution in [0.3, 0.4) is 0 Å². The third-order valence-corrected chi connectivity index (χ3v) is 8.46. The van der Waals surface area contributed by atoms with E-state index in [4.69, 9.17) is 10.5 Å². The molecule has 0 atom stereocenters. The van der Waals surface area contributed by atoms with E-state index in [9.17, 15) is 9.59 Å². The molecule has 0 aliphatic heterocycles. The van der Waals surface area contributed by atoms with E-state index in [1.807, 2.05) is 34.7 Å². The number of nitrogens with two attached hydrogens (primary N) is 1. The number of hydrogen-bond acceptors (Lipinski definition) is 6. The number of benzene rings is 2. The molecule has 0 unspecified atom stereocenters. The third-order valence-electron chi connectivity index (χ3n) is 7.51. The molecule has 2 aliphatic rings. The largest absolute Gasteiger partial charge is 0.497 e. The fourth-order valence-corrected chi connectivity index (χ4v) is 6.63.